The van der Waals surface area contributed by atoms with Crippen LogP contribution in [0.2, 0.25) is 0 Å². The molecule has 7 nitrogen and oxygen atoms in total. The predicted molar refractivity (Wildman–Crippen MR) is 104 cm³/mol. The van der Waals surface area contributed by atoms with Crippen molar-refractivity contribution in [3.8, 4) is 6.07 Å². The van der Waals surface area contributed by atoms with Crippen molar-refractivity contribution < 1.29 is 13.2 Å². The molecule has 2 aromatic rings. The highest BCUT2D eigenvalue weighted by molar-refractivity contribution is 7.89. The molecule has 0 saturated carbocycles. The zero-order valence-corrected chi connectivity index (χ0v) is 16.5. The van der Waals surface area contributed by atoms with E-state index in [0.29, 0.717) is 5.69 Å². The van der Waals surface area contributed by atoms with E-state index in [2.05, 4.69) is 23.7 Å². The number of hydrogen-bond acceptors (Lipinski definition) is 4. The lowest BCUT2D eigenvalue weighted by atomic mass is 10.1. The van der Waals surface area contributed by atoms with E-state index in [4.69, 9.17) is 5.14 Å². The van der Waals surface area contributed by atoms with Crippen LogP contribution in [0.3, 0.4) is 0 Å². The van der Waals surface area contributed by atoms with Crippen LogP contribution in [-0.4, -0.2) is 18.9 Å². The first-order chi connectivity index (χ1) is 12.5. The molecule has 0 spiro atoms. The van der Waals surface area contributed by atoms with Crippen LogP contribution in [0.15, 0.2) is 40.8 Å². The molecule has 1 amide bonds. The largest absolute Gasteiger partial charge is 0.346 e. The number of carbonyl (C=O) groups excluding carboxylic acids is 1. The van der Waals surface area contributed by atoms with Crippen molar-refractivity contribution >= 4 is 27.7 Å². The van der Waals surface area contributed by atoms with Crippen molar-refractivity contribution in [2.75, 3.05) is 5.32 Å². The molecule has 3 N–H and O–H groups in total. The Kier molecular flexibility index (Phi) is 5.88. The van der Waals surface area contributed by atoms with Crippen molar-refractivity contribution in [3.63, 3.8) is 0 Å². The van der Waals surface area contributed by atoms with Gasteiger partial charge in [-0.25, -0.2) is 13.6 Å². The molecular formula is C19H22N4O3S. The van der Waals surface area contributed by atoms with Crippen LogP contribution in [0.4, 0.5) is 5.69 Å². The highest BCUT2D eigenvalue weighted by atomic mass is 32.2. The highest BCUT2D eigenvalue weighted by Gasteiger charge is 2.15. The number of nitrogens with zero attached hydrogens (tertiary/aromatic N) is 2. The Balaban J connectivity index is 2.28. The molecule has 0 radical (unpaired) electrons. The number of benzene rings is 1. The van der Waals surface area contributed by atoms with Crippen molar-refractivity contribution in [3.05, 3.63) is 52.9 Å². The SMILES string of the molecule is Cc1cc(/C=C(\C#N)C(=O)Nc2ccc(S(N)(=O)=O)cc2)c(C)n1C(C)C. The van der Waals surface area contributed by atoms with Crippen molar-refractivity contribution in [2.45, 2.75) is 38.6 Å². The molecule has 142 valence electrons. The summed E-state index contributed by atoms with van der Waals surface area (Å²) < 4.78 is 24.7. The number of primary sulfonamides is 1. The van der Waals surface area contributed by atoms with E-state index in [9.17, 15) is 18.5 Å². The second-order valence-electron chi connectivity index (χ2n) is 6.48. The summed E-state index contributed by atoms with van der Waals surface area (Å²) in [5.41, 5.74) is 3.14. The monoisotopic (exact) mass is 386 g/mol. The van der Waals surface area contributed by atoms with E-state index in [-0.39, 0.29) is 16.5 Å². The maximum Gasteiger partial charge on any atom is 0.266 e. The molecule has 0 aliphatic rings. The van der Waals surface area contributed by atoms with Gasteiger partial charge in [-0.1, -0.05) is 0 Å². The number of aromatic nitrogens is 1. The first-order valence-electron chi connectivity index (χ1n) is 8.29. The maximum absolute atomic E-state index is 12.4. The fourth-order valence-electron chi connectivity index (χ4n) is 2.97. The van der Waals surface area contributed by atoms with Crippen LogP contribution < -0.4 is 10.5 Å². The Labute approximate surface area is 159 Å². The summed E-state index contributed by atoms with van der Waals surface area (Å²) in [6.45, 7) is 8.05. The smallest absolute Gasteiger partial charge is 0.266 e. The molecule has 0 fully saturated rings. The number of nitriles is 1. The number of anilines is 1. The minimum Gasteiger partial charge on any atom is -0.346 e. The summed E-state index contributed by atoms with van der Waals surface area (Å²) in [4.78, 5) is 12.4. The van der Waals surface area contributed by atoms with Gasteiger partial charge in [-0.15, -0.1) is 0 Å². The highest BCUT2D eigenvalue weighted by Crippen LogP contribution is 2.22. The van der Waals surface area contributed by atoms with E-state index in [1.54, 1.807) is 6.08 Å². The molecule has 27 heavy (non-hydrogen) atoms. The number of aryl methyl sites for hydroxylation is 1. The standard InChI is InChI=1S/C19H22N4O3S/c1-12(2)23-13(3)9-15(14(23)4)10-16(11-20)19(24)22-17-5-7-18(8-6-17)27(21,25)26/h5-10,12H,1-4H3,(H,22,24)(H2,21,25,26)/b16-10+. The van der Waals surface area contributed by atoms with Crippen LogP contribution in [-0.2, 0) is 14.8 Å². The third kappa shape index (κ3) is 4.64. The lowest BCUT2D eigenvalue weighted by molar-refractivity contribution is -0.112. The summed E-state index contributed by atoms with van der Waals surface area (Å²) in [6, 6.07) is 9.52. The summed E-state index contributed by atoms with van der Waals surface area (Å²) in [5, 5.41) is 17.0. The Morgan fingerprint density at radius 1 is 1.26 bits per heavy atom. The fraction of sp³-hybridized carbons (Fsp3) is 0.263. The van der Waals surface area contributed by atoms with E-state index in [0.717, 1.165) is 17.0 Å². The Bertz CT molecular complexity index is 1040. The zero-order valence-electron chi connectivity index (χ0n) is 15.6. The number of amides is 1. The molecular weight excluding hydrogens is 364 g/mol. The summed E-state index contributed by atoms with van der Waals surface area (Å²) >= 11 is 0. The number of nitrogens with one attached hydrogen (secondary N) is 1. The maximum atomic E-state index is 12.4. The fourth-order valence-corrected chi connectivity index (χ4v) is 3.49. The Morgan fingerprint density at radius 2 is 1.85 bits per heavy atom. The normalized spacial score (nSPS) is 12.1. The van der Waals surface area contributed by atoms with Crippen LogP contribution in [0.5, 0.6) is 0 Å². The molecule has 0 atom stereocenters. The molecule has 0 saturated heterocycles. The predicted octanol–water partition coefficient (Wildman–Crippen LogP) is 2.88. The van der Waals surface area contributed by atoms with Gasteiger partial charge in [0.1, 0.15) is 11.6 Å². The van der Waals surface area contributed by atoms with Crippen molar-refractivity contribution in [1.82, 2.24) is 4.57 Å². The molecule has 1 aromatic heterocycles. The van der Waals surface area contributed by atoms with E-state index < -0.39 is 15.9 Å². The van der Waals surface area contributed by atoms with Gasteiger partial charge in [0.05, 0.1) is 4.90 Å². The second kappa shape index (κ2) is 7.78. The van der Waals surface area contributed by atoms with Gasteiger partial charge in [-0.05, 0) is 69.7 Å². The van der Waals surface area contributed by atoms with Crippen molar-refractivity contribution in [1.29, 1.82) is 5.26 Å². The minimum absolute atomic E-state index is 0.0467. The quantitative estimate of drug-likeness (QED) is 0.606. The third-order valence-electron chi connectivity index (χ3n) is 4.15. The topological polar surface area (TPSA) is 118 Å². The first kappa shape index (κ1) is 20.4. The lowest BCUT2D eigenvalue weighted by Crippen LogP contribution is -2.14. The van der Waals surface area contributed by atoms with Gasteiger partial charge < -0.3 is 9.88 Å². The number of carbonyl (C=O) groups is 1. The third-order valence-corrected chi connectivity index (χ3v) is 5.07. The molecule has 0 unspecified atom stereocenters. The second-order valence-corrected chi connectivity index (χ2v) is 8.04. The van der Waals surface area contributed by atoms with Gasteiger partial charge >= 0.3 is 0 Å². The minimum atomic E-state index is -3.80. The zero-order chi connectivity index (χ0) is 20.4. The summed E-state index contributed by atoms with van der Waals surface area (Å²) in [7, 11) is -3.80. The van der Waals surface area contributed by atoms with Crippen LogP contribution in [0.25, 0.3) is 6.08 Å². The first-order valence-corrected chi connectivity index (χ1v) is 9.83. The number of sulfonamides is 1. The molecule has 1 aromatic carbocycles. The molecule has 2 rings (SSSR count). The van der Waals surface area contributed by atoms with Crippen LogP contribution in [0, 0.1) is 25.2 Å². The average Bonchev–Trinajstić information content (AvgIpc) is 2.85. The van der Waals surface area contributed by atoms with Gasteiger partial charge in [0.15, 0.2) is 0 Å². The van der Waals surface area contributed by atoms with Crippen LogP contribution >= 0.6 is 0 Å². The number of rotatable bonds is 5. The molecule has 0 bridgehead atoms. The molecule has 0 aliphatic carbocycles. The number of hydrogen-bond donors (Lipinski definition) is 2. The van der Waals surface area contributed by atoms with Crippen LogP contribution in [0.1, 0.15) is 36.8 Å². The number of nitrogens with two attached hydrogens (primary N) is 1. The van der Waals surface area contributed by atoms with Gasteiger partial charge in [-0.2, -0.15) is 5.26 Å². The summed E-state index contributed by atoms with van der Waals surface area (Å²) in [5.74, 6) is -0.574. The molecule has 0 aliphatic heterocycles. The van der Waals surface area contributed by atoms with E-state index >= 15 is 0 Å². The summed E-state index contributed by atoms with van der Waals surface area (Å²) in [6.07, 6.45) is 1.55. The Hall–Kier alpha value is -2.89. The van der Waals surface area contributed by atoms with Crippen molar-refractivity contribution in [2.24, 2.45) is 5.14 Å². The van der Waals surface area contributed by atoms with Gasteiger partial charge in [0.2, 0.25) is 10.0 Å². The van der Waals surface area contributed by atoms with Gasteiger partial charge in [-0.3, -0.25) is 4.79 Å². The Morgan fingerprint density at radius 3 is 2.30 bits per heavy atom. The molecule has 8 heteroatoms. The molecule has 1 heterocycles. The van der Waals surface area contributed by atoms with Gasteiger partial charge in [0.25, 0.3) is 5.91 Å². The van der Waals surface area contributed by atoms with E-state index in [1.807, 2.05) is 26.0 Å². The van der Waals surface area contributed by atoms with Gasteiger partial charge in [0, 0.05) is 23.1 Å². The lowest BCUT2D eigenvalue weighted by Gasteiger charge is -2.13. The van der Waals surface area contributed by atoms with E-state index in [1.165, 1.54) is 24.3 Å². The average molecular weight is 386 g/mol.